The molecule has 0 saturated carbocycles. The second-order valence-electron chi connectivity index (χ2n) is 2.86. The quantitative estimate of drug-likeness (QED) is 0.407. The van der Waals surface area contributed by atoms with E-state index in [0.29, 0.717) is 6.42 Å². The van der Waals surface area contributed by atoms with Crippen molar-refractivity contribution in [1.82, 2.24) is 0 Å². The van der Waals surface area contributed by atoms with Crippen molar-refractivity contribution in [2.45, 2.75) is 37.4 Å². The van der Waals surface area contributed by atoms with Crippen LogP contribution in [0.2, 0.25) is 0 Å². The minimum absolute atomic E-state index is 0.324. The van der Waals surface area contributed by atoms with Gasteiger partial charge in [-0.1, -0.05) is 41.7 Å². The summed E-state index contributed by atoms with van der Waals surface area (Å²) in [6.07, 6.45) is 1.07. The van der Waals surface area contributed by atoms with Crippen LogP contribution in [0.4, 0.5) is 0 Å². The van der Waals surface area contributed by atoms with Crippen LogP contribution in [0, 0.1) is 0 Å². The second kappa shape index (κ2) is 5.84. The van der Waals surface area contributed by atoms with Gasteiger partial charge < -0.3 is 0 Å². The Morgan fingerprint density at radius 1 is 1.15 bits per heavy atom. The summed E-state index contributed by atoms with van der Waals surface area (Å²) in [6.45, 7) is 5.69. The summed E-state index contributed by atoms with van der Waals surface area (Å²) in [5.41, 5.74) is 1.68. The summed E-state index contributed by atoms with van der Waals surface area (Å²) in [7, 11) is 0. The van der Waals surface area contributed by atoms with Gasteiger partial charge in [0.05, 0.1) is 0 Å². The lowest BCUT2D eigenvalue weighted by Gasteiger charge is -2.10. The van der Waals surface area contributed by atoms with E-state index in [-0.39, 0.29) is 0 Å². The molecule has 13 heavy (non-hydrogen) atoms. The molecule has 0 aliphatic heterocycles. The van der Waals surface area contributed by atoms with E-state index in [1.807, 2.05) is 20.8 Å². The molecule has 0 fully saturated rings. The van der Waals surface area contributed by atoms with Gasteiger partial charge in [0.2, 0.25) is 0 Å². The van der Waals surface area contributed by atoms with E-state index in [2.05, 4.69) is 10.2 Å². The van der Waals surface area contributed by atoms with Crippen LogP contribution >= 0.6 is 34.8 Å². The molecule has 5 heteroatoms. The molecule has 0 saturated heterocycles. The minimum Gasteiger partial charge on any atom is -0.161 e. The summed E-state index contributed by atoms with van der Waals surface area (Å²) < 4.78 is -1.27. The van der Waals surface area contributed by atoms with Gasteiger partial charge in [-0.25, -0.2) is 0 Å². The average molecular weight is 244 g/mol. The number of alkyl halides is 3. The van der Waals surface area contributed by atoms with E-state index < -0.39 is 3.79 Å². The predicted octanol–water partition coefficient (Wildman–Crippen LogP) is 3.99. The lowest BCUT2D eigenvalue weighted by molar-refractivity contribution is 1.03. The molecule has 0 aromatic carbocycles. The third kappa shape index (κ3) is 8.54. The van der Waals surface area contributed by atoms with Crippen molar-refractivity contribution < 1.29 is 0 Å². The van der Waals surface area contributed by atoms with Crippen molar-refractivity contribution >= 4 is 46.2 Å². The monoisotopic (exact) mass is 242 g/mol. The number of nitrogens with zero attached hydrogens (tertiary/aromatic N) is 2. The zero-order valence-electron chi connectivity index (χ0n) is 7.94. The first-order chi connectivity index (χ1) is 5.85. The van der Waals surface area contributed by atoms with Crippen molar-refractivity contribution in [1.29, 1.82) is 0 Å². The molecule has 0 aromatic heterocycles. The first-order valence-corrected chi connectivity index (χ1v) is 5.12. The minimum atomic E-state index is -1.27. The molecule has 0 unspecified atom stereocenters. The fraction of sp³-hybridized carbons (Fsp3) is 0.750. The van der Waals surface area contributed by atoms with Gasteiger partial charge in [-0.2, -0.15) is 10.2 Å². The van der Waals surface area contributed by atoms with E-state index in [1.165, 1.54) is 0 Å². The molecule has 0 aromatic rings. The molecule has 2 nitrogen and oxygen atoms in total. The molecule has 0 heterocycles. The van der Waals surface area contributed by atoms with Crippen LogP contribution in [0.3, 0.4) is 0 Å². The third-order valence-electron chi connectivity index (χ3n) is 1.20. The molecule has 0 aliphatic rings. The Hall–Kier alpha value is 0.210. The number of hydrogen-bond acceptors (Lipinski definition) is 2. The van der Waals surface area contributed by atoms with Crippen molar-refractivity contribution in [3.05, 3.63) is 0 Å². The van der Waals surface area contributed by atoms with E-state index in [9.17, 15) is 0 Å². The van der Waals surface area contributed by atoms with Crippen LogP contribution in [0.15, 0.2) is 10.2 Å². The highest BCUT2D eigenvalue weighted by molar-refractivity contribution is 6.68. The van der Waals surface area contributed by atoms with Crippen LogP contribution in [0.5, 0.6) is 0 Å². The second-order valence-corrected chi connectivity index (χ2v) is 5.38. The summed E-state index contributed by atoms with van der Waals surface area (Å²) in [5, 5.41) is 7.89. The SMILES string of the molecule is CC/C(CC(Cl)(Cl)Cl)=N/N=C(C)C. The first kappa shape index (κ1) is 13.2. The predicted molar refractivity (Wildman–Crippen MR) is 61.4 cm³/mol. The van der Waals surface area contributed by atoms with Crippen molar-refractivity contribution in [2.75, 3.05) is 0 Å². The molecule has 0 spiro atoms. The normalized spacial score (nSPS) is 12.9. The summed E-state index contributed by atoms with van der Waals surface area (Å²) >= 11 is 16.9. The number of halogens is 3. The highest BCUT2D eigenvalue weighted by atomic mass is 35.6. The molecule has 0 N–H and O–H groups in total. The highest BCUT2D eigenvalue weighted by Gasteiger charge is 2.21. The van der Waals surface area contributed by atoms with Gasteiger partial charge in [0.25, 0.3) is 0 Å². The molecule has 0 rings (SSSR count). The Morgan fingerprint density at radius 2 is 1.69 bits per heavy atom. The maximum absolute atomic E-state index is 5.62. The molecular weight excluding hydrogens is 230 g/mol. The lowest BCUT2D eigenvalue weighted by atomic mass is 10.2. The van der Waals surface area contributed by atoms with E-state index in [1.54, 1.807) is 0 Å². The van der Waals surface area contributed by atoms with Crippen molar-refractivity contribution in [3.8, 4) is 0 Å². The number of rotatable bonds is 3. The van der Waals surface area contributed by atoms with E-state index in [4.69, 9.17) is 34.8 Å². The average Bonchev–Trinajstić information content (AvgIpc) is 1.95. The fourth-order valence-electron chi connectivity index (χ4n) is 0.633. The molecule has 0 atom stereocenters. The van der Waals surface area contributed by atoms with Crippen molar-refractivity contribution in [3.63, 3.8) is 0 Å². The first-order valence-electron chi connectivity index (χ1n) is 3.98. The zero-order valence-corrected chi connectivity index (χ0v) is 10.2. The van der Waals surface area contributed by atoms with Gasteiger partial charge in [-0.3, -0.25) is 0 Å². The Labute approximate surface area is 94.0 Å². The standard InChI is InChI=1S/C8H13Cl3N2/c1-4-7(5-8(9,10)11)13-12-6(2)3/h4-5H2,1-3H3/b13-7-. The molecule has 0 radical (unpaired) electrons. The maximum atomic E-state index is 5.62. The van der Waals surface area contributed by atoms with Crippen molar-refractivity contribution in [2.24, 2.45) is 10.2 Å². The fourth-order valence-corrected chi connectivity index (χ4v) is 1.10. The summed E-state index contributed by atoms with van der Waals surface area (Å²) in [6, 6.07) is 0. The maximum Gasteiger partial charge on any atom is 0.195 e. The molecule has 0 amide bonds. The topological polar surface area (TPSA) is 24.7 Å². The summed E-state index contributed by atoms with van der Waals surface area (Å²) in [5.74, 6) is 0. The van der Waals surface area contributed by atoms with Gasteiger partial charge in [0.1, 0.15) is 0 Å². The Balaban J connectivity index is 4.35. The van der Waals surface area contributed by atoms with Crippen LogP contribution in [0.25, 0.3) is 0 Å². The Kier molecular flexibility index (Phi) is 5.93. The van der Waals surface area contributed by atoms with E-state index >= 15 is 0 Å². The lowest BCUT2D eigenvalue weighted by Crippen LogP contribution is -2.10. The van der Waals surface area contributed by atoms with Gasteiger partial charge in [0.15, 0.2) is 3.79 Å². The molecular formula is C8H13Cl3N2. The van der Waals surface area contributed by atoms with Crippen LogP contribution in [0.1, 0.15) is 33.6 Å². The summed E-state index contributed by atoms with van der Waals surface area (Å²) in [4.78, 5) is 0. The zero-order chi connectivity index (χ0) is 10.5. The van der Waals surface area contributed by atoms with Gasteiger partial charge in [-0.15, -0.1) is 0 Å². The smallest absolute Gasteiger partial charge is 0.161 e. The van der Waals surface area contributed by atoms with Gasteiger partial charge in [0, 0.05) is 17.8 Å². The Morgan fingerprint density at radius 3 is 2.00 bits per heavy atom. The highest BCUT2D eigenvalue weighted by Crippen LogP contribution is 2.30. The third-order valence-corrected chi connectivity index (χ3v) is 1.60. The molecule has 0 bridgehead atoms. The van der Waals surface area contributed by atoms with Crippen LogP contribution in [-0.4, -0.2) is 15.2 Å². The molecule has 0 aliphatic carbocycles. The molecule has 76 valence electrons. The Bertz CT molecular complexity index is 212. The van der Waals surface area contributed by atoms with Gasteiger partial charge >= 0.3 is 0 Å². The number of hydrogen-bond donors (Lipinski definition) is 0. The van der Waals surface area contributed by atoms with Gasteiger partial charge in [-0.05, 0) is 20.3 Å². The van der Waals surface area contributed by atoms with Crippen LogP contribution in [-0.2, 0) is 0 Å². The van der Waals surface area contributed by atoms with E-state index in [0.717, 1.165) is 17.8 Å². The largest absolute Gasteiger partial charge is 0.195 e. The van der Waals surface area contributed by atoms with Crippen LogP contribution < -0.4 is 0 Å².